The fourth-order valence-corrected chi connectivity index (χ4v) is 2.52. The quantitative estimate of drug-likeness (QED) is 0.575. The summed E-state index contributed by atoms with van der Waals surface area (Å²) in [5.41, 5.74) is 0. The smallest absolute Gasteiger partial charge is 0.262 e. The molecule has 1 aromatic carbocycles. The average Bonchev–Trinajstić information content (AvgIpc) is 2.35. The first-order valence-electron chi connectivity index (χ1n) is 5.00. The van der Waals surface area contributed by atoms with E-state index in [1.165, 1.54) is 24.3 Å². The Bertz CT molecular complexity index is 747. The van der Waals surface area contributed by atoms with Gasteiger partial charge in [0.1, 0.15) is 10.6 Å². The number of pyridine rings is 1. The summed E-state index contributed by atoms with van der Waals surface area (Å²) in [6.45, 7) is 0. The van der Waals surface area contributed by atoms with Gasteiger partial charge in [-0.15, -0.1) is 0 Å². The molecule has 2 rings (SSSR count). The summed E-state index contributed by atoms with van der Waals surface area (Å²) in [6, 6.07) is 5.46. The molecule has 0 saturated heterocycles. The highest BCUT2D eigenvalue weighted by Gasteiger charge is 2.12. The van der Waals surface area contributed by atoms with Crippen LogP contribution in [0.1, 0.15) is 0 Å². The molecule has 0 radical (unpaired) electrons. The molecule has 2 aromatic rings. The largest absolute Gasteiger partial charge is 0.437 e. The third kappa shape index (κ3) is 3.68. The third-order valence-corrected chi connectivity index (χ3v) is 4.54. The van der Waals surface area contributed by atoms with Gasteiger partial charge in [-0.1, -0.05) is 34.8 Å². The minimum absolute atomic E-state index is 0.133. The van der Waals surface area contributed by atoms with E-state index in [1.807, 2.05) is 0 Å². The van der Waals surface area contributed by atoms with E-state index < -0.39 is 9.05 Å². The second-order valence-electron chi connectivity index (χ2n) is 3.57. The zero-order valence-electron chi connectivity index (χ0n) is 9.48. The number of hydrogen-bond donors (Lipinski definition) is 0. The fraction of sp³-hybridized carbons (Fsp3) is 0. The first kappa shape index (κ1) is 15.7. The highest BCUT2D eigenvalue weighted by molar-refractivity contribution is 8.13. The van der Waals surface area contributed by atoms with Crippen LogP contribution in [-0.4, -0.2) is 13.4 Å². The molecule has 106 valence electrons. The Morgan fingerprint density at radius 2 is 1.65 bits per heavy atom. The van der Waals surface area contributed by atoms with E-state index in [1.54, 1.807) is 0 Å². The van der Waals surface area contributed by atoms with Gasteiger partial charge in [0.05, 0.1) is 21.3 Å². The average molecular weight is 373 g/mol. The Hall–Kier alpha value is -0.720. The summed E-state index contributed by atoms with van der Waals surface area (Å²) in [5.74, 6) is 0.379. The summed E-state index contributed by atoms with van der Waals surface area (Å²) in [7, 11) is 1.35. The maximum absolute atomic E-state index is 11.1. The predicted molar refractivity (Wildman–Crippen MR) is 78.8 cm³/mol. The molecule has 9 heteroatoms. The molecule has 0 spiro atoms. The number of rotatable bonds is 3. The van der Waals surface area contributed by atoms with Crippen molar-refractivity contribution in [3.05, 3.63) is 45.5 Å². The molecule has 1 aromatic heterocycles. The number of hydrogen-bond acceptors (Lipinski definition) is 4. The second-order valence-corrected chi connectivity index (χ2v) is 7.36. The molecule has 0 aliphatic carbocycles. The van der Waals surface area contributed by atoms with Gasteiger partial charge in [-0.3, -0.25) is 0 Å². The molecule has 0 fully saturated rings. The van der Waals surface area contributed by atoms with E-state index in [0.717, 1.165) is 6.20 Å². The van der Waals surface area contributed by atoms with Crippen LogP contribution in [0, 0.1) is 0 Å². The lowest BCUT2D eigenvalue weighted by molar-refractivity contribution is 0.462. The molecule has 0 unspecified atom stereocenters. The lowest BCUT2D eigenvalue weighted by Crippen LogP contribution is -1.94. The maximum atomic E-state index is 11.1. The van der Waals surface area contributed by atoms with Crippen LogP contribution < -0.4 is 4.74 Å². The van der Waals surface area contributed by atoms with Crippen LogP contribution in [0.5, 0.6) is 11.6 Å². The first-order chi connectivity index (χ1) is 9.27. The van der Waals surface area contributed by atoms with E-state index in [4.69, 9.17) is 50.2 Å². The van der Waals surface area contributed by atoms with E-state index in [0.29, 0.717) is 5.02 Å². The van der Waals surface area contributed by atoms with Gasteiger partial charge < -0.3 is 4.74 Å². The van der Waals surface area contributed by atoms with Crippen LogP contribution in [0.2, 0.25) is 15.1 Å². The molecule has 0 aliphatic heterocycles. The van der Waals surface area contributed by atoms with Crippen molar-refractivity contribution in [3.63, 3.8) is 0 Å². The van der Waals surface area contributed by atoms with E-state index in [-0.39, 0.29) is 26.6 Å². The van der Waals surface area contributed by atoms with Crippen LogP contribution in [0.25, 0.3) is 0 Å². The van der Waals surface area contributed by atoms with Gasteiger partial charge in [0.25, 0.3) is 9.05 Å². The molecular formula is C11H5Cl4NO3S. The van der Waals surface area contributed by atoms with Gasteiger partial charge in [-0.25, -0.2) is 13.4 Å². The van der Waals surface area contributed by atoms with Crippen molar-refractivity contribution in [2.75, 3.05) is 0 Å². The van der Waals surface area contributed by atoms with Gasteiger partial charge in [-0.05, 0) is 12.1 Å². The van der Waals surface area contributed by atoms with Crippen LogP contribution in [0.4, 0.5) is 0 Å². The molecular weight excluding hydrogens is 368 g/mol. The highest BCUT2D eigenvalue weighted by atomic mass is 35.7. The van der Waals surface area contributed by atoms with Gasteiger partial charge in [0, 0.05) is 22.8 Å². The van der Waals surface area contributed by atoms with Gasteiger partial charge >= 0.3 is 0 Å². The van der Waals surface area contributed by atoms with Crippen LogP contribution in [0.3, 0.4) is 0 Å². The van der Waals surface area contributed by atoms with Crippen molar-refractivity contribution in [1.82, 2.24) is 4.98 Å². The fourth-order valence-electron chi connectivity index (χ4n) is 1.27. The normalized spacial score (nSPS) is 11.4. The molecule has 0 aliphatic rings. The van der Waals surface area contributed by atoms with Crippen molar-refractivity contribution in [1.29, 1.82) is 0 Å². The summed E-state index contributed by atoms with van der Waals surface area (Å²) in [4.78, 5) is 3.68. The molecule has 1 heterocycles. The van der Waals surface area contributed by atoms with Gasteiger partial charge in [0.2, 0.25) is 5.88 Å². The van der Waals surface area contributed by atoms with Crippen LogP contribution in [-0.2, 0) is 9.05 Å². The molecule has 0 amide bonds. The van der Waals surface area contributed by atoms with Crippen molar-refractivity contribution >= 4 is 54.5 Å². The molecule has 20 heavy (non-hydrogen) atoms. The topological polar surface area (TPSA) is 56.3 Å². The molecule has 4 nitrogen and oxygen atoms in total. The van der Waals surface area contributed by atoms with Crippen molar-refractivity contribution in [3.8, 4) is 11.6 Å². The van der Waals surface area contributed by atoms with Crippen LogP contribution >= 0.6 is 45.5 Å². The standard InChI is InChI=1S/C11H5Cl4NO3S/c12-7-3-9(14)10(4-8(7)13)19-11-2-1-6(5-16-11)20(15,17)18/h1-5H. The number of aromatic nitrogens is 1. The molecule has 0 atom stereocenters. The zero-order chi connectivity index (χ0) is 14.9. The monoisotopic (exact) mass is 371 g/mol. The van der Waals surface area contributed by atoms with Crippen LogP contribution in [0.15, 0.2) is 35.4 Å². The Balaban J connectivity index is 2.29. The van der Waals surface area contributed by atoms with Crippen molar-refractivity contribution in [2.45, 2.75) is 4.90 Å². The lowest BCUT2D eigenvalue weighted by Gasteiger charge is -2.08. The number of benzene rings is 1. The number of nitrogens with zero attached hydrogens (tertiary/aromatic N) is 1. The zero-order valence-corrected chi connectivity index (χ0v) is 13.3. The third-order valence-electron chi connectivity index (χ3n) is 2.18. The predicted octanol–water partition coefficient (Wildman–Crippen LogP) is 4.76. The minimum Gasteiger partial charge on any atom is -0.437 e. The van der Waals surface area contributed by atoms with E-state index >= 15 is 0 Å². The Morgan fingerprint density at radius 3 is 2.20 bits per heavy atom. The maximum Gasteiger partial charge on any atom is 0.262 e. The molecule has 0 saturated carbocycles. The number of ether oxygens (including phenoxy) is 1. The van der Waals surface area contributed by atoms with E-state index in [2.05, 4.69) is 4.98 Å². The van der Waals surface area contributed by atoms with Gasteiger partial charge in [0.15, 0.2) is 0 Å². The molecule has 0 N–H and O–H groups in total. The minimum atomic E-state index is -3.82. The lowest BCUT2D eigenvalue weighted by atomic mass is 10.3. The summed E-state index contributed by atoms with van der Waals surface area (Å²) in [6.07, 6.45) is 1.07. The second kappa shape index (κ2) is 5.95. The summed E-state index contributed by atoms with van der Waals surface area (Å²) >= 11 is 17.6. The summed E-state index contributed by atoms with van der Waals surface area (Å²) < 4.78 is 27.5. The van der Waals surface area contributed by atoms with E-state index in [9.17, 15) is 8.42 Å². The molecule has 0 bridgehead atoms. The highest BCUT2D eigenvalue weighted by Crippen LogP contribution is 2.36. The Labute approximate surface area is 134 Å². The van der Waals surface area contributed by atoms with Crippen molar-refractivity contribution < 1.29 is 13.2 Å². The summed E-state index contributed by atoms with van der Waals surface area (Å²) in [5, 5.41) is 0.807. The Kier molecular flexibility index (Phi) is 4.66. The first-order valence-corrected chi connectivity index (χ1v) is 8.45. The number of halogens is 4. The SMILES string of the molecule is O=S(=O)(Cl)c1ccc(Oc2cc(Cl)c(Cl)cc2Cl)nc1. The van der Waals surface area contributed by atoms with Crippen molar-refractivity contribution in [2.24, 2.45) is 0 Å². The van der Waals surface area contributed by atoms with Gasteiger partial charge in [-0.2, -0.15) is 0 Å². The Morgan fingerprint density at radius 1 is 1.00 bits per heavy atom.